The van der Waals surface area contributed by atoms with Crippen molar-refractivity contribution >= 4 is 5.97 Å². The van der Waals surface area contributed by atoms with E-state index in [4.69, 9.17) is 14.2 Å². The summed E-state index contributed by atoms with van der Waals surface area (Å²) in [6, 6.07) is 0. The first-order chi connectivity index (χ1) is 13.2. The third-order valence-electron chi connectivity index (χ3n) is 4.65. The molecule has 4 heteroatoms. The number of esters is 1. The fraction of sp³-hybridized carbons (Fsp3) is 0.957. The van der Waals surface area contributed by atoms with E-state index in [1.54, 1.807) is 0 Å². The highest BCUT2D eigenvalue weighted by atomic mass is 16.6. The maximum absolute atomic E-state index is 11.6. The topological polar surface area (TPSA) is 44.8 Å². The molecule has 0 saturated carbocycles. The summed E-state index contributed by atoms with van der Waals surface area (Å²) < 4.78 is 15.9. The number of ether oxygens (including phenoxy) is 3. The van der Waals surface area contributed by atoms with E-state index in [1.165, 1.54) is 70.6 Å². The molecule has 0 radical (unpaired) electrons. The number of unbranched alkanes of at least 4 members (excludes halogenated alkanes) is 12. The van der Waals surface area contributed by atoms with Gasteiger partial charge in [0.2, 0.25) is 0 Å². The van der Waals surface area contributed by atoms with Gasteiger partial charge in [-0.3, -0.25) is 4.79 Å². The molecular weight excluding hydrogens is 340 g/mol. The van der Waals surface area contributed by atoms with Gasteiger partial charge in [-0.2, -0.15) is 0 Å². The van der Waals surface area contributed by atoms with Crippen LogP contribution in [0.4, 0.5) is 0 Å². The number of carbonyl (C=O) groups excluding carboxylic acids is 1. The van der Waals surface area contributed by atoms with Crippen molar-refractivity contribution in [3.63, 3.8) is 0 Å². The predicted molar refractivity (Wildman–Crippen MR) is 113 cm³/mol. The highest BCUT2D eigenvalue weighted by Crippen LogP contribution is 2.13. The lowest BCUT2D eigenvalue weighted by molar-refractivity contribution is -0.145. The highest BCUT2D eigenvalue weighted by Gasteiger charge is 2.02. The standard InChI is InChI=1S/C23H46O4/c1-4-5-6-7-8-9-10-11-12-13-14-15-16-17-23(24)27-21-19-25-18-20-26-22(2)3/h22H,4-21H2,1-3H3. The lowest BCUT2D eigenvalue weighted by atomic mass is 10.0. The smallest absolute Gasteiger partial charge is 0.305 e. The SMILES string of the molecule is CCCCCCCCCCCCCCCC(=O)OCCOCCOC(C)C. The second-order valence-electron chi connectivity index (χ2n) is 7.75. The molecule has 0 saturated heterocycles. The zero-order chi connectivity index (χ0) is 20.0. The van der Waals surface area contributed by atoms with Crippen LogP contribution in [0.3, 0.4) is 0 Å². The molecule has 0 unspecified atom stereocenters. The van der Waals surface area contributed by atoms with Gasteiger partial charge < -0.3 is 14.2 Å². The van der Waals surface area contributed by atoms with Crippen LogP contribution in [-0.4, -0.2) is 38.5 Å². The Morgan fingerprint density at radius 1 is 0.667 bits per heavy atom. The molecule has 0 aliphatic rings. The van der Waals surface area contributed by atoms with Gasteiger partial charge >= 0.3 is 5.97 Å². The van der Waals surface area contributed by atoms with Crippen molar-refractivity contribution in [2.45, 2.75) is 117 Å². The van der Waals surface area contributed by atoms with Crippen LogP contribution >= 0.6 is 0 Å². The molecule has 0 N–H and O–H groups in total. The summed E-state index contributed by atoms with van der Waals surface area (Å²) in [6.07, 6.45) is 17.9. The van der Waals surface area contributed by atoms with E-state index in [1.807, 2.05) is 13.8 Å². The average molecular weight is 387 g/mol. The maximum atomic E-state index is 11.6. The molecule has 0 heterocycles. The van der Waals surface area contributed by atoms with Crippen LogP contribution in [0, 0.1) is 0 Å². The molecule has 0 aromatic heterocycles. The van der Waals surface area contributed by atoms with Gasteiger partial charge in [0.1, 0.15) is 6.61 Å². The van der Waals surface area contributed by atoms with Crippen LogP contribution in [0.15, 0.2) is 0 Å². The number of rotatable bonds is 21. The Balaban J connectivity index is 3.14. The van der Waals surface area contributed by atoms with Gasteiger partial charge in [0, 0.05) is 6.42 Å². The minimum absolute atomic E-state index is 0.0971. The fourth-order valence-corrected chi connectivity index (χ4v) is 3.02. The molecule has 27 heavy (non-hydrogen) atoms. The molecule has 0 aromatic carbocycles. The highest BCUT2D eigenvalue weighted by molar-refractivity contribution is 5.69. The van der Waals surface area contributed by atoms with Gasteiger partial charge in [-0.1, -0.05) is 84.0 Å². The number of carbonyl (C=O) groups is 1. The van der Waals surface area contributed by atoms with Gasteiger partial charge in [-0.15, -0.1) is 0 Å². The van der Waals surface area contributed by atoms with E-state index < -0.39 is 0 Å². The minimum atomic E-state index is -0.0971. The van der Waals surface area contributed by atoms with Crippen molar-refractivity contribution in [1.82, 2.24) is 0 Å². The quantitative estimate of drug-likeness (QED) is 0.168. The summed E-state index contributed by atoms with van der Waals surface area (Å²) in [4.78, 5) is 11.6. The van der Waals surface area contributed by atoms with Crippen LogP contribution in [-0.2, 0) is 19.0 Å². The summed E-state index contributed by atoms with van der Waals surface area (Å²) in [5, 5.41) is 0. The molecule has 0 amide bonds. The van der Waals surface area contributed by atoms with E-state index in [9.17, 15) is 4.79 Å². The maximum Gasteiger partial charge on any atom is 0.305 e. The second-order valence-corrected chi connectivity index (χ2v) is 7.75. The largest absolute Gasteiger partial charge is 0.463 e. The molecule has 0 atom stereocenters. The molecule has 0 aliphatic heterocycles. The Morgan fingerprint density at radius 2 is 1.15 bits per heavy atom. The molecule has 0 bridgehead atoms. The first kappa shape index (κ1) is 26.4. The van der Waals surface area contributed by atoms with Crippen molar-refractivity contribution in [2.75, 3.05) is 26.4 Å². The Hall–Kier alpha value is -0.610. The number of hydrogen-bond donors (Lipinski definition) is 0. The van der Waals surface area contributed by atoms with Crippen molar-refractivity contribution in [3.8, 4) is 0 Å². The van der Waals surface area contributed by atoms with Crippen LogP contribution in [0.1, 0.15) is 111 Å². The Kier molecular flexibility index (Phi) is 21.2. The Morgan fingerprint density at radius 3 is 1.67 bits per heavy atom. The summed E-state index contributed by atoms with van der Waals surface area (Å²) in [6.45, 7) is 8.20. The molecule has 0 spiro atoms. The van der Waals surface area contributed by atoms with Gasteiger partial charge in [0.25, 0.3) is 0 Å². The van der Waals surface area contributed by atoms with Crippen LogP contribution in [0.5, 0.6) is 0 Å². The lowest BCUT2D eigenvalue weighted by Crippen LogP contribution is -2.14. The van der Waals surface area contributed by atoms with E-state index >= 15 is 0 Å². The minimum Gasteiger partial charge on any atom is -0.463 e. The van der Waals surface area contributed by atoms with Crippen LogP contribution in [0.25, 0.3) is 0 Å². The first-order valence-corrected chi connectivity index (χ1v) is 11.5. The molecule has 4 nitrogen and oxygen atoms in total. The van der Waals surface area contributed by atoms with E-state index in [-0.39, 0.29) is 12.1 Å². The Bertz CT molecular complexity index is 305. The third-order valence-corrected chi connectivity index (χ3v) is 4.65. The molecule has 0 fully saturated rings. The van der Waals surface area contributed by atoms with E-state index in [0.717, 1.165) is 12.8 Å². The zero-order valence-electron chi connectivity index (χ0n) is 18.4. The molecule has 0 aliphatic carbocycles. The molecule has 0 rings (SSSR count). The van der Waals surface area contributed by atoms with E-state index in [2.05, 4.69) is 6.92 Å². The van der Waals surface area contributed by atoms with Gasteiger partial charge in [0.15, 0.2) is 0 Å². The van der Waals surface area contributed by atoms with Gasteiger partial charge in [-0.25, -0.2) is 0 Å². The first-order valence-electron chi connectivity index (χ1n) is 11.5. The third kappa shape index (κ3) is 23.4. The van der Waals surface area contributed by atoms with Crippen molar-refractivity contribution in [1.29, 1.82) is 0 Å². The monoisotopic (exact) mass is 386 g/mol. The summed E-state index contributed by atoms with van der Waals surface area (Å²) >= 11 is 0. The fourth-order valence-electron chi connectivity index (χ4n) is 3.02. The normalized spacial score (nSPS) is 11.3. The molecule has 162 valence electrons. The van der Waals surface area contributed by atoms with Crippen molar-refractivity contribution < 1.29 is 19.0 Å². The van der Waals surface area contributed by atoms with Crippen LogP contribution in [0.2, 0.25) is 0 Å². The van der Waals surface area contributed by atoms with Crippen molar-refractivity contribution in [3.05, 3.63) is 0 Å². The summed E-state index contributed by atoms with van der Waals surface area (Å²) in [7, 11) is 0. The lowest BCUT2D eigenvalue weighted by Gasteiger charge is -2.08. The second kappa shape index (κ2) is 21.7. The molecule has 0 aromatic rings. The molecular formula is C23H46O4. The summed E-state index contributed by atoms with van der Waals surface area (Å²) in [5.74, 6) is -0.0971. The van der Waals surface area contributed by atoms with E-state index in [0.29, 0.717) is 32.8 Å². The Labute approximate surface area is 168 Å². The van der Waals surface area contributed by atoms with Crippen molar-refractivity contribution in [2.24, 2.45) is 0 Å². The summed E-state index contributed by atoms with van der Waals surface area (Å²) in [5.41, 5.74) is 0. The van der Waals surface area contributed by atoms with Gasteiger partial charge in [0.05, 0.1) is 25.9 Å². The average Bonchev–Trinajstić information content (AvgIpc) is 2.64. The van der Waals surface area contributed by atoms with Gasteiger partial charge in [-0.05, 0) is 20.3 Å². The van der Waals surface area contributed by atoms with Crippen LogP contribution < -0.4 is 0 Å². The predicted octanol–water partition coefficient (Wildman–Crippen LogP) is 6.45. The zero-order valence-corrected chi connectivity index (χ0v) is 18.4. The number of hydrogen-bond acceptors (Lipinski definition) is 4.